The van der Waals surface area contributed by atoms with Crippen LogP contribution in [0.3, 0.4) is 0 Å². The van der Waals surface area contributed by atoms with Gasteiger partial charge in [0, 0.05) is 69.1 Å². The van der Waals surface area contributed by atoms with Crippen LogP contribution < -0.4 is 4.90 Å². The SMILES string of the molecule is Cc1ccccc1N1CCN([C@@H]2CCCN(Cc3cccn3-c3ccccn3)C2)CC1. The number of nitrogens with zero attached hydrogens (tertiary/aromatic N) is 5. The lowest BCUT2D eigenvalue weighted by atomic mass is 10.0. The molecular formula is C26H33N5. The zero-order chi connectivity index (χ0) is 21.0. The van der Waals surface area contributed by atoms with Gasteiger partial charge in [0.25, 0.3) is 0 Å². The third kappa shape index (κ3) is 4.53. The lowest BCUT2D eigenvalue weighted by Gasteiger charge is -2.44. The standard InChI is InChI=1S/C26H33N5/c1-22-8-2-3-11-25(22)30-18-16-29(17-19-30)23-9-6-14-28(20-23)21-24-10-7-15-31(24)26-12-4-5-13-27-26/h2-5,7-8,10-13,15,23H,6,9,14,16-21H2,1H3/t23-/m1/s1. The summed E-state index contributed by atoms with van der Waals surface area (Å²) in [7, 11) is 0. The highest BCUT2D eigenvalue weighted by Gasteiger charge is 2.28. The summed E-state index contributed by atoms with van der Waals surface area (Å²) in [5.41, 5.74) is 4.11. The Morgan fingerprint density at radius 1 is 0.903 bits per heavy atom. The maximum Gasteiger partial charge on any atom is 0.136 e. The number of para-hydroxylation sites is 1. The van der Waals surface area contributed by atoms with Crippen LogP contribution in [0.2, 0.25) is 0 Å². The Morgan fingerprint density at radius 3 is 2.55 bits per heavy atom. The highest BCUT2D eigenvalue weighted by atomic mass is 15.3. The summed E-state index contributed by atoms with van der Waals surface area (Å²) in [5.74, 6) is 1.00. The van der Waals surface area contributed by atoms with Crippen LogP contribution >= 0.6 is 0 Å². The highest BCUT2D eigenvalue weighted by molar-refractivity contribution is 5.53. The second-order valence-electron chi connectivity index (χ2n) is 8.90. The van der Waals surface area contributed by atoms with Crippen molar-refractivity contribution in [3.05, 3.63) is 78.2 Å². The van der Waals surface area contributed by atoms with Crippen LogP contribution in [0.15, 0.2) is 67.0 Å². The van der Waals surface area contributed by atoms with Gasteiger partial charge >= 0.3 is 0 Å². The molecule has 3 aromatic rings. The van der Waals surface area contributed by atoms with E-state index in [0.717, 1.165) is 45.1 Å². The average molecular weight is 416 g/mol. The van der Waals surface area contributed by atoms with E-state index < -0.39 is 0 Å². The number of hydrogen-bond donors (Lipinski definition) is 0. The van der Waals surface area contributed by atoms with Crippen molar-refractivity contribution in [1.82, 2.24) is 19.4 Å². The van der Waals surface area contributed by atoms with Gasteiger partial charge in [-0.3, -0.25) is 9.80 Å². The van der Waals surface area contributed by atoms with Crippen LogP contribution in [-0.2, 0) is 6.54 Å². The van der Waals surface area contributed by atoms with Crippen molar-refractivity contribution in [1.29, 1.82) is 0 Å². The van der Waals surface area contributed by atoms with E-state index in [1.807, 2.05) is 12.3 Å². The molecule has 2 aromatic heterocycles. The molecule has 4 heterocycles. The van der Waals surface area contributed by atoms with Crippen molar-refractivity contribution >= 4 is 5.69 Å². The predicted octanol–water partition coefficient (Wildman–Crippen LogP) is 3.97. The molecule has 0 bridgehead atoms. The molecule has 31 heavy (non-hydrogen) atoms. The molecule has 2 aliphatic heterocycles. The lowest BCUT2D eigenvalue weighted by molar-refractivity contribution is 0.0878. The van der Waals surface area contributed by atoms with E-state index in [9.17, 15) is 0 Å². The Labute approximate surface area is 185 Å². The van der Waals surface area contributed by atoms with E-state index in [2.05, 4.69) is 85.9 Å². The fourth-order valence-electron chi connectivity index (χ4n) is 5.21. The quantitative estimate of drug-likeness (QED) is 0.630. The van der Waals surface area contributed by atoms with E-state index >= 15 is 0 Å². The number of aromatic nitrogens is 2. The Bertz CT molecular complexity index is 974. The number of hydrogen-bond acceptors (Lipinski definition) is 4. The molecule has 0 unspecified atom stereocenters. The smallest absolute Gasteiger partial charge is 0.136 e. The molecule has 2 aliphatic rings. The van der Waals surface area contributed by atoms with Crippen molar-refractivity contribution in [3.63, 3.8) is 0 Å². The first-order valence-electron chi connectivity index (χ1n) is 11.6. The third-order valence-corrected chi connectivity index (χ3v) is 6.88. The van der Waals surface area contributed by atoms with Gasteiger partial charge < -0.3 is 9.47 Å². The molecule has 0 spiro atoms. The van der Waals surface area contributed by atoms with Crippen molar-refractivity contribution in [2.45, 2.75) is 32.4 Å². The number of anilines is 1. The molecule has 162 valence electrons. The summed E-state index contributed by atoms with van der Waals surface area (Å²) in [6.45, 7) is 10.2. The van der Waals surface area contributed by atoms with E-state index in [1.165, 1.54) is 36.3 Å². The molecule has 0 N–H and O–H groups in total. The van der Waals surface area contributed by atoms with Crippen LogP contribution in [0.5, 0.6) is 0 Å². The minimum absolute atomic E-state index is 0.672. The summed E-state index contributed by atoms with van der Waals surface area (Å²) >= 11 is 0. The maximum absolute atomic E-state index is 4.53. The Hall–Kier alpha value is -2.63. The van der Waals surface area contributed by atoms with Gasteiger partial charge in [-0.15, -0.1) is 0 Å². The number of rotatable bonds is 5. The highest BCUT2D eigenvalue weighted by Crippen LogP contribution is 2.24. The lowest BCUT2D eigenvalue weighted by Crippen LogP contribution is -2.55. The van der Waals surface area contributed by atoms with E-state index in [-0.39, 0.29) is 0 Å². The van der Waals surface area contributed by atoms with Crippen molar-refractivity contribution in [2.24, 2.45) is 0 Å². The van der Waals surface area contributed by atoms with Gasteiger partial charge in [-0.1, -0.05) is 24.3 Å². The summed E-state index contributed by atoms with van der Waals surface area (Å²) < 4.78 is 2.23. The van der Waals surface area contributed by atoms with E-state index in [1.54, 1.807) is 0 Å². The summed E-state index contributed by atoms with van der Waals surface area (Å²) in [6, 6.07) is 19.9. The van der Waals surface area contributed by atoms with Crippen molar-refractivity contribution in [2.75, 3.05) is 44.2 Å². The zero-order valence-corrected chi connectivity index (χ0v) is 18.5. The third-order valence-electron chi connectivity index (χ3n) is 6.88. The molecule has 2 fully saturated rings. The Morgan fingerprint density at radius 2 is 1.74 bits per heavy atom. The van der Waals surface area contributed by atoms with Gasteiger partial charge in [0.15, 0.2) is 0 Å². The maximum atomic E-state index is 4.53. The number of piperazine rings is 1. The minimum atomic E-state index is 0.672. The summed E-state index contributed by atoms with van der Waals surface area (Å²) in [6.07, 6.45) is 6.60. The summed E-state index contributed by atoms with van der Waals surface area (Å²) in [4.78, 5) is 12.5. The van der Waals surface area contributed by atoms with Crippen LogP contribution in [0.1, 0.15) is 24.1 Å². The minimum Gasteiger partial charge on any atom is -0.369 e. The number of likely N-dealkylation sites (tertiary alicyclic amines) is 1. The van der Waals surface area contributed by atoms with Crippen LogP contribution in [0.4, 0.5) is 5.69 Å². The van der Waals surface area contributed by atoms with Crippen molar-refractivity contribution < 1.29 is 0 Å². The number of piperidine rings is 1. The van der Waals surface area contributed by atoms with E-state index in [4.69, 9.17) is 0 Å². The van der Waals surface area contributed by atoms with Gasteiger partial charge in [-0.25, -0.2) is 4.98 Å². The fraction of sp³-hybridized carbons (Fsp3) is 0.423. The normalized spacial score (nSPS) is 20.8. The number of pyridine rings is 1. The zero-order valence-electron chi connectivity index (χ0n) is 18.5. The molecule has 0 radical (unpaired) electrons. The first-order valence-corrected chi connectivity index (χ1v) is 11.6. The van der Waals surface area contributed by atoms with E-state index in [0.29, 0.717) is 6.04 Å². The summed E-state index contributed by atoms with van der Waals surface area (Å²) in [5, 5.41) is 0. The molecule has 0 amide bonds. The topological polar surface area (TPSA) is 27.5 Å². The van der Waals surface area contributed by atoms with Gasteiger partial charge in [0.05, 0.1) is 0 Å². The molecule has 1 atom stereocenters. The van der Waals surface area contributed by atoms with Crippen LogP contribution in [-0.4, -0.2) is 64.7 Å². The monoisotopic (exact) mass is 415 g/mol. The van der Waals surface area contributed by atoms with Crippen LogP contribution in [0.25, 0.3) is 5.82 Å². The predicted molar refractivity (Wildman–Crippen MR) is 127 cm³/mol. The number of aryl methyl sites for hydroxylation is 1. The van der Waals surface area contributed by atoms with Crippen LogP contribution in [0, 0.1) is 6.92 Å². The largest absolute Gasteiger partial charge is 0.369 e. The molecule has 5 rings (SSSR count). The van der Waals surface area contributed by atoms with Gasteiger partial charge in [-0.2, -0.15) is 0 Å². The fourth-order valence-corrected chi connectivity index (χ4v) is 5.21. The first kappa shape index (κ1) is 20.3. The molecule has 0 saturated carbocycles. The molecule has 1 aromatic carbocycles. The average Bonchev–Trinajstić information content (AvgIpc) is 3.28. The second-order valence-corrected chi connectivity index (χ2v) is 8.90. The van der Waals surface area contributed by atoms with Crippen molar-refractivity contribution in [3.8, 4) is 5.82 Å². The first-order chi connectivity index (χ1) is 15.3. The van der Waals surface area contributed by atoms with Gasteiger partial charge in [0.2, 0.25) is 0 Å². The molecule has 5 heteroatoms. The molecular weight excluding hydrogens is 382 g/mol. The molecule has 2 saturated heterocycles. The molecule has 5 nitrogen and oxygen atoms in total. The Kier molecular flexibility index (Phi) is 6.05. The second kappa shape index (κ2) is 9.25. The van der Waals surface area contributed by atoms with Gasteiger partial charge in [-0.05, 0) is 62.2 Å². The molecule has 0 aliphatic carbocycles. The van der Waals surface area contributed by atoms with Gasteiger partial charge in [0.1, 0.15) is 5.82 Å². The Balaban J connectivity index is 1.19. The number of benzene rings is 1.